The van der Waals surface area contributed by atoms with Crippen molar-refractivity contribution in [3.63, 3.8) is 0 Å². The van der Waals surface area contributed by atoms with Crippen molar-refractivity contribution in [3.8, 4) is 11.5 Å². The van der Waals surface area contributed by atoms with E-state index in [1.165, 1.54) is 4.90 Å². The lowest BCUT2D eigenvalue weighted by molar-refractivity contribution is 0.0993. The molecule has 0 fully saturated rings. The SMILES string of the molecule is COc1cccc(N(C)C(=O)c2cc(OC)ccc2N)c1. The first-order chi connectivity index (χ1) is 10.1. The fraction of sp³-hybridized carbons (Fsp3) is 0.188. The van der Waals surface area contributed by atoms with Crippen molar-refractivity contribution in [2.24, 2.45) is 0 Å². The van der Waals surface area contributed by atoms with Crippen LogP contribution in [0.2, 0.25) is 0 Å². The number of nitrogens with zero attached hydrogens (tertiary/aromatic N) is 1. The molecule has 1 amide bonds. The molecule has 0 aromatic heterocycles. The predicted octanol–water partition coefficient (Wildman–Crippen LogP) is 2.56. The number of nitrogens with two attached hydrogens (primary N) is 1. The van der Waals surface area contributed by atoms with E-state index in [4.69, 9.17) is 15.2 Å². The first-order valence-electron chi connectivity index (χ1n) is 6.42. The Morgan fingerprint density at radius 3 is 2.38 bits per heavy atom. The number of amides is 1. The van der Waals surface area contributed by atoms with Gasteiger partial charge in [0.2, 0.25) is 0 Å². The van der Waals surface area contributed by atoms with Gasteiger partial charge >= 0.3 is 0 Å². The molecule has 2 rings (SSSR count). The molecule has 0 radical (unpaired) electrons. The van der Waals surface area contributed by atoms with Crippen molar-refractivity contribution in [2.75, 3.05) is 31.9 Å². The summed E-state index contributed by atoms with van der Waals surface area (Å²) in [6, 6.07) is 12.3. The fourth-order valence-electron chi connectivity index (χ4n) is 1.96. The Hall–Kier alpha value is -2.69. The van der Waals surface area contributed by atoms with Gasteiger partial charge in [0.05, 0.1) is 19.8 Å². The third-order valence-electron chi connectivity index (χ3n) is 3.24. The minimum Gasteiger partial charge on any atom is -0.497 e. The molecule has 110 valence electrons. The van der Waals surface area contributed by atoms with E-state index in [1.54, 1.807) is 45.5 Å². The summed E-state index contributed by atoms with van der Waals surface area (Å²) in [5.74, 6) is 1.07. The van der Waals surface area contributed by atoms with Gasteiger partial charge in [-0.2, -0.15) is 0 Å². The zero-order chi connectivity index (χ0) is 15.4. The molecule has 2 N–H and O–H groups in total. The molecule has 2 aromatic rings. The summed E-state index contributed by atoms with van der Waals surface area (Å²) in [5, 5.41) is 0. The van der Waals surface area contributed by atoms with Crippen LogP contribution in [0.3, 0.4) is 0 Å². The highest BCUT2D eigenvalue weighted by molar-refractivity contribution is 6.09. The summed E-state index contributed by atoms with van der Waals surface area (Å²) in [6.45, 7) is 0. The van der Waals surface area contributed by atoms with Crippen LogP contribution in [0.15, 0.2) is 42.5 Å². The molecule has 0 saturated heterocycles. The second-order valence-electron chi connectivity index (χ2n) is 4.52. The highest BCUT2D eigenvalue weighted by Gasteiger charge is 2.17. The number of nitrogen functional groups attached to an aromatic ring is 1. The van der Waals surface area contributed by atoms with Gasteiger partial charge in [-0.1, -0.05) is 6.07 Å². The van der Waals surface area contributed by atoms with Crippen LogP contribution >= 0.6 is 0 Å². The Balaban J connectivity index is 2.34. The lowest BCUT2D eigenvalue weighted by Gasteiger charge is -2.19. The minimum absolute atomic E-state index is 0.209. The largest absolute Gasteiger partial charge is 0.497 e. The van der Waals surface area contributed by atoms with Crippen LogP contribution in [-0.4, -0.2) is 27.2 Å². The highest BCUT2D eigenvalue weighted by atomic mass is 16.5. The van der Waals surface area contributed by atoms with E-state index in [2.05, 4.69) is 0 Å². The number of methoxy groups -OCH3 is 2. The third kappa shape index (κ3) is 3.08. The number of carbonyl (C=O) groups excluding carboxylic acids is 1. The van der Waals surface area contributed by atoms with Crippen molar-refractivity contribution in [1.29, 1.82) is 0 Å². The van der Waals surface area contributed by atoms with E-state index in [-0.39, 0.29) is 5.91 Å². The highest BCUT2D eigenvalue weighted by Crippen LogP contribution is 2.25. The molecule has 0 atom stereocenters. The van der Waals surface area contributed by atoms with Gasteiger partial charge in [-0.3, -0.25) is 4.79 Å². The van der Waals surface area contributed by atoms with Gasteiger partial charge in [-0.25, -0.2) is 0 Å². The number of hydrogen-bond acceptors (Lipinski definition) is 4. The lowest BCUT2D eigenvalue weighted by atomic mass is 10.1. The molecule has 0 spiro atoms. The normalized spacial score (nSPS) is 10.0. The molecule has 0 heterocycles. The average molecular weight is 286 g/mol. The average Bonchev–Trinajstić information content (AvgIpc) is 2.54. The monoisotopic (exact) mass is 286 g/mol. The van der Waals surface area contributed by atoms with Crippen molar-refractivity contribution in [1.82, 2.24) is 0 Å². The zero-order valence-electron chi connectivity index (χ0n) is 12.3. The fourth-order valence-corrected chi connectivity index (χ4v) is 1.96. The van der Waals surface area contributed by atoms with E-state index < -0.39 is 0 Å². The molecule has 0 aliphatic rings. The summed E-state index contributed by atoms with van der Waals surface area (Å²) >= 11 is 0. The van der Waals surface area contributed by atoms with E-state index in [0.717, 1.165) is 5.69 Å². The van der Waals surface area contributed by atoms with Gasteiger partial charge in [0.25, 0.3) is 5.91 Å². The van der Waals surface area contributed by atoms with Crippen LogP contribution in [0.1, 0.15) is 10.4 Å². The smallest absolute Gasteiger partial charge is 0.260 e. The van der Waals surface area contributed by atoms with Gasteiger partial charge in [-0.05, 0) is 30.3 Å². The van der Waals surface area contributed by atoms with Crippen molar-refractivity contribution < 1.29 is 14.3 Å². The van der Waals surface area contributed by atoms with Crippen LogP contribution in [-0.2, 0) is 0 Å². The quantitative estimate of drug-likeness (QED) is 0.877. The maximum absolute atomic E-state index is 12.6. The van der Waals surface area contributed by atoms with Crippen molar-refractivity contribution in [2.45, 2.75) is 0 Å². The second-order valence-corrected chi connectivity index (χ2v) is 4.52. The second kappa shape index (κ2) is 6.17. The molecule has 0 aliphatic heterocycles. The van der Waals surface area contributed by atoms with Crippen LogP contribution < -0.4 is 20.1 Å². The summed E-state index contributed by atoms with van der Waals surface area (Å²) in [5.41, 5.74) is 7.43. The maximum atomic E-state index is 12.6. The number of rotatable bonds is 4. The van der Waals surface area contributed by atoms with E-state index in [9.17, 15) is 4.79 Å². The minimum atomic E-state index is -0.209. The summed E-state index contributed by atoms with van der Waals surface area (Å²) in [7, 11) is 4.82. The van der Waals surface area contributed by atoms with Gasteiger partial charge < -0.3 is 20.1 Å². The summed E-state index contributed by atoms with van der Waals surface area (Å²) in [4.78, 5) is 14.1. The van der Waals surface area contributed by atoms with Crippen LogP contribution in [0.4, 0.5) is 11.4 Å². The molecular formula is C16H18N2O3. The Morgan fingerprint density at radius 2 is 1.71 bits per heavy atom. The van der Waals surface area contributed by atoms with Gasteiger partial charge in [0.1, 0.15) is 11.5 Å². The number of anilines is 2. The molecule has 0 unspecified atom stereocenters. The Bertz CT molecular complexity index is 656. The third-order valence-corrected chi connectivity index (χ3v) is 3.24. The van der Waals surface area contributed by atoms with Gasteiger partial charge in [0.15, 0.2) is 0 Å². The molecule has 2 aromatic carbocycles. The van der Waals surface area contributed by atoms with Gasteiger partial charge in [-0.15, -0.1) is 0 Å². The topological polar surface area (TPSA) is 64.8 Å². The van der Waals surface area contributed by atoms with Crippen molar-refractivity contribution in [3.05, 3.63) is 48.0 Å². The van der Waals surface area contributed by atoms with Crippen LogP contribution in [0.25, 0.3) is 0 Å². The first kappa shape index (κ1) is 14.7. The van der Waals surface area contributed by atoms with Crippen LogP contribution in [0, 0.1) is 0 Å². The Kier molecular flexibility index (Phi) is 4.33. The van der Waals surface area contributed by atoms with E-state index >= 15 is 0 Å². The summed E-state index contributed by atoms with van der Waals surface area (Å²) < 4.78 is 10.3. The first-order valence-corrected chi connectivity index (χ1v) is 6.42. The Morgan fingerprint density at radius 1 is 1.05 bits per heavy atom. The molecule has 5 nitrogen and oxygen atoms in total. The zero-order valence-corrected chi connectivity index (χ0v) is 12.3. The predicted molar refractivity (Wildman–Crippen MR) is 83.1 cm³/mol. The summed E-state index contributed by atoms with van der Waals surface area (Å²) in [6.07, 6.45) is 0. The van der Waals surface area contributed by atoms with E-state index in [1.807, 2.05) is 18.2 Å². The molecule has 0 bridgehead atoms. The number of benzene rings is 2. The molecule has 21 heavy (non-hydrogen) atoms. The van der Waals surface area contributed by atoms with Gasteiger partial charge in [0, 0.05) is 24.5 Å². The van der Waals surface area contributed by atoms with Crippen LogP contribution in [0.5, 0.6) is 11.5 Å². The molecule has 0 saturated carbocycles. The van der Waals surface area contributed by atoms with Crippen molar-refractivity contribution >= 4 is 17.3 Å². The number of carbonyl (C=O) groups is 1. The Labute approximate surface area is 123 Å². The lowest BCUT2D eigenvalue weighted by Crippen LogP contribution is -2.27. The molecule has 0 aliphatic carbocycles. The standard InChI is InChI=1S/C16H18N2O3/c1-18(11-5-4-6-12(9-11)20-2)16(19)14-10-13(21-3)7-8-15(14)17/h4-10H,17H2,1-3H3. The number of hydrogen-bond donors (Lipinski definition) is 1. The number of ether oxygens (including phenoxy) is 2. The van der Waals surface area contributed by atoms with E-state index in [0.29, 0.717) is 22.7 Å². The maximum Gasteiger partial charge on any atom is 0.260 e. The molecule has 5 heteroatoms. The molecular weight excluding hydrogens is 268 g/mol.